The van der Waals surface area contributed by atoms with E-state index in [1.54, 1.807) is 29.2 Å². The predicted octanol–water partition coefficient (Wildman–Crippen LogP) is 2.47. The van der Waals surface area contributed by atoms with E-state index in [0.29, 0.717) is 22.2 Å². The fourth-order valence-corrected chi connectivity index (χ4v) is 3.49. The molecule has 0 aliphatic carbocycles. The molecule has 0 spiro atoms. The molecule has 1 aromatic carbocycles. The number of amides is 1. The molecule has 9 nitrogen and oxygen atoms in total. The van der Waals surface area contributed by atoms with Crippen molar-refractivity contribution >= 4 is 23.2 Å². The van der Waals surface area contributed by atoms with E-state index < -0.39 is 0 Å². The number of benzene rings is 1. The van der Waals surface area contributed by atoms with Crippen LogP contribution in [0, 0.1) is 0 Å². The van der Waals surface area contributed by atoms with E-state index in [1.807, 2.05) is 0 Å². The molecule has 0 bridgehead atoms. The van der Waals surface area contributed by atoms with E-state index in [-0.39, 0.29) is 18.5 Å². The first-order valence-electron chi connectivity index (χ1n) is 8.65. The van der Waals surface area contributed by atoms with Crippen LogP contribution in [0.15, 0.2) is 41.8 Å². The Balaban J connectivity index is 1.50. The van der Waals surface area contributed by atoms with E-state index in [0.717, 1.165) is 25.8 Å². The fourth-order valence-electron chi connectivity index (χ4n) is 3.31. The lowest BCUT2D eigenvalue weighted by molar-refractivity contribution is -0.118. The van der Waals surface area contributed by atoms with Gasteiger partial charge in [-0.1, -0.05) is 23.2 Å². The molecular formula is C17H18ClN7O2. The Morgan fingerprint density at radius 3 is 3.07 bits per heavy atom. The van der Waals surface area contributed by atoms with Gasteiger partial charge in [0.2, 0.25) is 12.3 Å². The zero-order valence-electron chi connectivity index (χ0n) is 14.5. The molecule has 4 rings (SSSR count). The number of aromatic nitrogens is 5. The second-order valence-corrected chi connectivity index (χ2v) is 6.76. The summed E-state index contributed by atoms with van der Waals surface area (Å²) in [7, 11) is 0. The molecule has 1 aliphatic heterocycles. The number of anilines is 1. The largest absolute Gasteiger partial charge is 0.343 e. The van der Waals surface area contributed by atoms with E-state index in [2.05, 4.69) is 30.4 Å². The molecule has 27 heavy (non-hydrogen) atoms. The van der Waals surface area contributed by atoms with Gasteiger partial charge in [0.05, 0.1) is 24.0 Å². The van der Waals surface area contributed by atoms with Crippen molar-refractivity contribution in [2.75, 3.05) is 18.4 Å². The zero-order valence-corrected chi connectivity index (χ0v) is 15.2. The van der Waals surface area contributed by atoms with E-state index in [9.17, 15) is 4.79 Å². The normalized spacial score (nSPS) is 17.7. The van der Waals surface area contributed by atoms with Gasteiger partial charge < -0.3 is 9.84 Å². The number of rotatable bonds is 5. The summed E-state index contributed by atoms with van der Waals surface area (Å²) in [6, 6.07) is 5.21. The van der Waals surface area contributed by atoms with Gasteiger partial charge in [0.1, 0.15) is 12.7 Å². The van der Waals surface area contributed by atoms with Crippen molar-refractivity contribution < 1.29 is 9.32 Å². The minimum atomic E-state index is -0.144. The van der Waals surface area contributed by atoms with Gasteiger partial charge in [0, 0.05) is 5.02 Å². The van der Waals surface area contributed by atoms with Crippen LogP contribution in [-0.4, -0.2) is 48.8 Å². The topological polar surface area (TPSA) is 102 Å². The number of hydrogen-bond donors (Lipinski definition) is 1. The number of hydrogen-bond acceptors (Lipinski definition) is 7. The maximum Gasteiger partial charge on any atom is 0.238 e. The van der Waals surface area contributed by atoms with Crippen LogP contribution in [-0.2, 0) is 4.79 Å². The van der Waals surface area contributed by atoms with Gasteiger partial charge in [-0.2, -0.15) is 10.1 Å². The molecule has 140 valence electrons. The Hall–Kier alpha value is -2.78. The Labute approximate surface area is 160 Å². The summed E-state index contributed by atoms with van der Waals surface area (Å²) in [5.41, 5.74) is 1.27. The first kappa shape index (κ1) is 17.6. The van der Waals surface area contributed by atoms with Gasteiger partial charge in [0.15, 0.2) is 5.82 Å². The summed E-state index contributed by atoms with van der Waals surface area (Å²) in [4.78, 5) is 22.9. The zero-order chi connectivity index (χ0) is 18.6. The highest BCUT2D eigenvalue weighted by Gasteiger charge is 2.28. The third-order valence-corrected chi connectivity index (χ3v) is 4.77. The number of carbonyl (C=O) groups excluding carboxylic acids is 1. The number of likely N-dealkylation sites (tertiary alicyclic amines) is 1. The van der Waals surface area contributed by atoms with Crippen LogP contribution in [0.1, 0.15) is 31.1 Å². The lowest BCUT2D eigenvalue weighted by Crippen LogP contribution is -2.39. The number of halogens is 1. The number of carbonyl (C=O) groups is 1. The van der Waals surface area contributed by atoms with Crippen LogP contribution in [0.3, 0.4) is 0 Å². The highest BCUT2D eigenvalue weighted by Crippen LogP contribution is 2.29. The summed E-state index contributed by atoms with van der Waals surface area (Å²) < 4.78 is 6.45. The Kier molecular flexibility index (Phi) is 5.12. The van der Waals surface area contributed by atoms with Gasteiger partial charge >= 0.3 is 0 Å². The van der Waals surface area contributed by atoms with E-state index in [4.69, 9.17) is 16.1 Å². The Bertz CT molecular complexity index is 898. The van der Waals surface area contributed by atoms with Crippen molar-refractivity contribution in [3.8, 4) is 5.69 Å². The molecule has 1 fully saturated rings. The van der Waals surface area contributed by atoms with Crippen LogP contribution in [0.25, 0.3) is 5.69 Å². The lowest BCUT2D eigenvalue weighted by Gasteiger charge is -2.33. The molecular weight excluding hydrogens is 370 g/mol. The molecule has 10 heteroatoms. The van der Waals surface area contributed by atoms with Crippen molar-refractivity contribution in [2.24, 2.45) is 0 Å². The third-order valence-electron chi connectivity index (χ3n) is 4.54. The number of piperidine rings is 1. The summed E-state index contributed by atoms with van der Waals surface area (Å²) in [5.74, 6) is 0.475. The SMILES string of the molecule is O=C(CN1CCCC[C@H]1c1ncon1)Nc1cc(Cl)ccc1-n1cncn1. The second kappa shape index (κ2) is 7.85. The Morgan fingerprint density at radius 2 is 2.30 bits per heavy atom. The number of nitrogens with zero attached hydrogens (tertiary/aromatic N) is 6. The van der Waals surface area contributed by atoms with Crippen LogP contribution in [0.4, 0.5) is 5.69 Å². The molecule has 3 heterocycles. The van der Waals surface area contributed by atoms with Crippen molar-refractivity contribution in [3.05, 3.63) is 48.1 Å². The molecule has 0 unspecified atom stereocenters. The van der Waals surface area contributed by atoms with Crippen molar-refractivity contribution in [1.29, 1.82) is 0 Å². The van der Waals surface area contributed by atoms with Crippen molar-refractivity contribution in [2.45, 2.75) is 25.3 Å². The van der Waals surface area contributed by atoms with Gasteiger partial charge in [0.25, 0.3) is 0 Å². The average molecular weight is 388 g/mol. The highest BCUT2D eigenvalue weighted by molar-refractivity contribution is 6.31. The monoisotopic (exact) mass is 387 g/mol. The fraction of sp³-hybridized carbons (Fsp3) is 0.353. The maximum absolute atomic E-state index is 12.7. The summed E-state index contributed by atoms with van der Waals surface area (Å²) in [6.07, 6.45) is 7.32. The van der Waals surface area contributed by atoms with Gasteiger partial charge in [-0.25, -0.2) is 9.67 Å². The summed E-state index contributed by atoms with van der Waals surface area (Å²) in [6.45, 7) is 1.03. The smallest absolute Gasteiger partial charge is 0.238 e. The second-order valence-electron chi connectivity index (χ2n) is 6.32. The third kappa shape index (κ3) is 3.99. The van der Waals surface area contributed by atoms with Gasteiger partial charge in [-0.3, -0.25) is 9.69 Å². The molecule has 0 saturated carbocycles. The standard InChI is InChI=1S/C17H18ClN7O2/c18-12-4-5-14(25-10-19-9-21-25)13(7-12)22-16(26)8-24-6-2-1-3-15(24)17-20-11-27-23-17/h4-5,7,9-11,15H,1-3,6,8H2,(H,22,26)/t15-/m0/s1. The van der Waals surface area contributed by atoms with E-state index in [1.165, 1.54) is 12.7 Å². The van der Waals surface area contributed by atoms with Crippen LogP contribution >= 0.6 is 11.6 Å². The number of nitrogens with one attached hydrogen (secondary N) is 1. The lowest BCUT2D eigenvalue weighted by atomic mass is 10.0. The molecule has 2 aromatic heterocycles. The van der Waals surface area contributed by atoms with Crippen LogP contribution < -0.4 is 5.32 Å². The van der Waals surface area contributed by atoms with Crippen LogP contribution in [0.5, 0.6) is 0 Å². The molecule has 1 amide bonds. The van der Waals surface area contributed by atoms with Gasteiger partial charge in [-0.05, 0) is 37.6 Å². The predicted molar refractivity (Wildman–Crippen MR) is 97.5 cm³/mol. The maximum atomic E-state index is 12.7. The molecule has 1 aliphatic rings. The Morgan fingerprint density at radius 1 is 1.37 bits per heavy atom. The van der Waals surface area contributed by atoms with Crippen molar-refractivity contribution in [1.82, 2.24) is 29.8 Å². The van der Waals surface area contributed by atoms with E-state index >= 15 is 0 Å². The summed E-state index contributed by atoms with van der Waals surface area (Å²) >= 11 is 6.11. The quantitative estimate of drug-likeness (QED) is 0.717. The molecule has 0 radical (unpaired) electrons. The first-order chi connectivity index (χ1) is 13.2. The van der Waals surface area contributed by atoms with Crippen molar-refractivity contribution in [3.63, 3.8) is 0 Å². The molecule has 1 atom stereocenters. The van der Waals surface area contributed by atoms with Crippen LogP contribution in [0.2, 0.25) is 5.02 Å². The molecule has 3 aromatic rings. The minimum absolute atomic E-state index is 0.0163. The molecule has 1 N–H and O–H groups in total. The minimum Gasteiger partial charge on any atom is -0.343 e. The average Bonchev–Trinajstić information content (AvgIpc) is 3.36. The first-order valence-corrected chi connectivity index (χ1v) is 9.03. The van der Waals surface area contributed by atoms with Gasteiger partial charge in [-0.15, -0.1) is 0 Å². The summed E-state index contributed by atoms with van der Waals surface area (Å²) in [5, 5.41) is 11.5. The molecule has 1 saturated heterocycles. The highest BCUT2D eigenvalue weighted by atomic mass is 35.5.